The van der Waals surface area contributed by atoms with Crippen LogP contribution in [0.15, 0.2) is 54.6 Å². The fourth-order valence-electron chi connectivity index (χ4n) is 4.69. The number of nitrogens with two attached hydrogens (primary N) is 1. The van der Waals surface area contributed by atoms with Crippen molar-refractivity contribution in [3.05, 3.63) is 65.7 Å². The fraction of sp³-hybridized carbons (Fsp3) is 0.318. The van der Waals surface area contributed by atoms with E-state index in [1.165, 1.54) is 12.0 Å². The summed E-state index contributed by atoms with van der Waals surface area (Å²) in [5.41, 5.74) is 1.36. The van der Waals surface area contributed by atoms with Crippen LogP contribution < -0.4 is 10.2 Å². The van der Waals surface area contributed by atoms with Gasteiger partial charge in [0, 0.05) is 12.5 Å². The lowest BCUT2D eigenvalue weighted by atomic mass is 9.80. The Kier molecular flexibility index (Phi) is 4.31. The summed E-state index contributed by atoms with van der Waals surface area (Å²) in [6.45, 7) is 3.68. The molecule has 0 aromatic heterocycles. The van der Waals surface area contributed by atoms with E-state index in [0.29, 0.717) is 5.69 Å². The Morgan fingerprint density at radius 2 is 1.79 bits per heavy atom. The van der Waals surface area contributed by atoms with Crippen LogP contribution in [0.5, 0.6) is 0 Å². The highest BCUT2D eigenvalue weighted by Gasteiger charge is 2.70. The SMILES string of the molecule is COC(=O)[C@@]1(C)[NH2+][C@@H](c2cccc(C)c2)[C@@H]2C(=O)N(c3ccccc3)C(=O)[C@H]21. The van der Waals surface area contributed by atoms with Crippen molar-refractivity contribution in [2.75, 3.05) is 12.0 Å². The molecule has 2 aromatic rings. The van der Waals surface area contributed by atoms with Crippen LogP contribution in [0.3, 0.4) is 0 Å². The maximum Gasteiger partial charge on any atom is 0.368 e. The van der Waals surface area contributed by atoms with Gasteiger partial charge in [-0.3, -0.25) is 9.59 Å². The molecule has 2 saturated heterocycles. The first-order valence-corrected chi connectivity index (χ1v) is 9.32. The molecule has 0 unspecified atom stereocenters. The zero-order valence-corrected chi connectivity index (χ0v) is 16.1. The average molecular weight is 379 g/mol. The molecule has 0 aliphatic carbocycles. The molecule has 2 heterocycles. The molecule has 2 aliphatic rings. The predicted molar refractivity (Wildman–Crippen MR) is 102 cm³/mol. The van der Waals surface area contributed by atoms with E-state index in [4.69, 9.17) is 4.74 Å². The van der Waals surface area contributed by atoms with Gasteiger partial charge in [-0.25, -0.2) is 9.69 Å². The van der Waals surface area contributed by atoms with Crippen molar-refractivity contribution in [3.63, 3.8) is 0 Å². The molecule has 0 bridgehead atoms. The minimum Gasteiger partial charge on any atom is -0.464 e. The normalized spacial score (nSPS) is 29.1. The van der Waals surface area contributed by atoms with Crippen LogP contribution in [0.25, 0.3) is 0 Å². The molecule has 144 valence electrons. The van der Waals surface area contributed by atoms with Gasteiger partial charge in [-0.1, -0.05) is 48.0 Å². The number of aryl methyl sites for hydroxylation is 1. The van der Waals surface area contributed by atoms with Gasteiger partial charge in [0.15, 0.2) is 0 Å². The lowest BCUT2D eigenvalue weighted by Gasteiger charge is -2.25. The third-order valence-electron chi connectivity index (χ3n) is 5.98. The smallest absolute Gasteiger partial charge is 0.368 e. The summed E-state index contributed by atoms with van der Waals surface area (Å²) in [5, 5.41) is 1.83. The number of para-hydroxylation sites is 1. The second-order valence-corrected chi connectivity index (χ2v) is 7.73. The van der Waals surface area contributed by atoms with E-state index in [2.05, 4.69) is 0 Å². The van der Waals surface area contributed by atoms with E-state index in [0.717, 1.165) is 11.1 Å². The van der Waals surface area contributed by atoms with Crippen molar-refractivity contribution in [2.45, 2.75) is 25.4 Å². The minimum absolute atomic E-state index is 0.267. The predicted octanol–water partition coefficient (Wildman–Crippen LogP) is 1.35. The number of hydrogen-bond acceptors (Lipinski definition) is 4. The summed E-state index contributed by atoms with van der Waals surface area (Å²) >= 11 is 0. The number of benzene rings is 2. The summed E-state index contributed by atoms with van der Waals surface area (Å²) in [6, 6.07) is 16.4. The molecule has 0 spiro atoms. The van der Waals surface area contributed by atoms with Crippen molar-refractivity contribution in [1.82, 2.24) is 0 Å². The summed E-state index contributed by atoms with van der Waals surface area (Å²) in [5.74, 6) is -2.51. The highest BCUT2D eigenvalue weighted by molar-refractivity contribution is 6.23. The molecule has 2 aromatic carbocycles. The Morgan fingerprint density at radius 3 is 2.43 bits per heavy atom. The molecule has 2 aliphatic heterocycles. The molecular formula is C22H23N2O4+. The number of amides is 2. The molecule has 6 heteroatoms. The topological polar surface area (TPSA) is 80.3 Å². The number of nitrogens with zero attached hydrogens (tertiary/aromatic N) is 1. The lowest BCUT2D eigenvalue weighted by Crippen LogP contribution is -2.97. The Hall–Kier alpha value is -2.99. The monoisotopic (exact) mass is 379 g/mol. The first-order chi connectivity index (χ1) is 13.4. The standard InChI is InChI=1S/C22H22N2O4/c1-13-8-7-9-14(12-13)18-16-17(22(2,23-18)21(27)28-3)20(26)24(19(16)25)15-10-5-4-6-11-15/h4-12,16-18,23H,1-3H3/p+1/t16-,17+,18+,22+/m1/s1. The van der Waals surface area contributed by atoms with Crippen LogP contribution in [0.2, 0.25) is 0 Å². The maximum absolute atomic E-state index is 13.4. The quantitative estimate of drug-likeness (QED) is 0.645. The molecule has 0 saturated carbocycles. The van der Waals surface area contributed by atoms with Gasteiger partial charge in [-0.05, 0) is 19.1 Å². The van der Waals surface area contributed by atoms with Crippen LogP contribution in [0.1, 0.15) is 24.1 Å². The first-order valence-electron chi connectivity index (χ1n) is 9.32. The second kappa shape index (κ2) is 6.56. The van der Waals surface area contributed by atoms with Crippen LogP contribution >= 0.6 is 0 Å². The maximum atomic E-state index is 13.4. The Balaban J connectivity index is 1.84. The van der Waals surface area contributed by atoms with E-state index < -0.39 is 23.3 Å². The Labute approximate surface area is 163 Å². The lowest BCUT2D eigenvalue weighted by molar-refractivity contribution is -0.730. The highest BCUT2D eigenvalue weighted by atomic mass is 16.5. The van der Waals surface area contributed by atoms with E-state index in [1.54, 1.807) is 31.2 Å². The Morgan fingerprint density at radius 1 is 1.07 bits per heavy atom. The number of ether oxygens (including phenoxy) is 1. The minimum atomic E-state index is -1.16. The summed E-state index contributed by atoms with van der Waals surface area (Å²) in [4.78, 5) is 40.7. The number of methoxy groups -OCH3 is 1. The van der Waals surface area contributed by atoms with Crippen molar-refractivity contribution < 1.29 is 24.4 Å². The van der Waals surface area contributed by atoms with Gasteiger partial charge in [-0.2, -0.15) is 0 Å². The first kappa shape index (κ1) is 18.4. The van der Waals surface area contributed by atoms with E-state index in [-0.39, 0.29) is 17.9 Å². The van der Waals surface area contributed by atoms with E-state index in [1.807, 2.05) is 42.6 Å². The van der Waals surface area contributed by atoms with Gasteiger partial charge in [0.1, 0.15) is 17.9 Å². The fourth-order valence-corrected chi connectivity index (χ4v) is 4.69. The summed E-state index contributed by atoms with van der Waals surface area (Å²) in [6.07, 6.45) is 0. The molecular weight excluding hydrogens is 356 g/mol. The van der Waals surface area contributed by atoms with E-state index in [9.17, 15) is 14.4 Å². The second-order valence-electron chi connectivity index (χ2n) is 7.73. The zero-order valence-electron chi connectivity index (χ0n) is 16.1. The van der Waals surface area contributed by atoms with Crippen molar-refractivity contribution in [2.24, 2.45) is 11.8 Å². The molecule has 0 radical (unpaired) electrons. The van der Waals surface area contributed by atoms with Gasteiger partial charge in [0.05, 0.1) is 12.8 Å². The molecule has 2 amide bonds. The van der Waals surface area contributed by atoms with Gasteiger partial charge >= 0.3 is 5.97 Å². The molecule has 2 N–H and O–H groups in total. The number of quaternary nitrogens is 1. The zero-order chi connectivity index (χ0) is 20.1. The molecule has 28 heavy (non-hydrogen) atoms. The number of hydrogen-bond donors (Lipinski definition) is 1. The number of esters is 1. The Bertz CT molecular complexity index is 958. The van der Waals surface area contributed by atoms with Crippen LogP contribution in [0.4, 0.5) is 5.69 Å². The third kappa shape index (κ3) is 2.56. The van der Waals surface area contributed by atoms with Gasteiger partial charge < -0.3 is 10.1 Å². The van der Waals surface area contributed by atoms with Gasteiger partial charge in [0.2, 0.25) is 17.4 Å². The average Bonchev–Trinajstić information content (AvgIpc) is 3.16. The number of fused-ring (bicyclic) bond motifs is 1. The number of carbonyl (C=O) groups excluding carboxylic acids is 3. The van der Waals surface area contributed by atoms with Crippen LogP contribution in [0, 0.1) is 18.8 Å². The number of rotatable bonds is 3. The summed E-state index contributed by atoms with van der Waals surface area (Å²) < 4.78 is 5.03. The molecule has 6 nitrogen and oxygen atoms in total. The van der Waals surface area contributed by atoms with E-state index >= 15 is 0 Å². The number of imide groups is 1. The summed E-state index contributed by atoms with van der Waals surface area (Å²) in [7, 11) is 1.31. The number of anilines is 1. The van der Waals surface area contributed by atoms with Gasteiger partial charge in [0.25, 0.3) is 0 Å². The number of carbonyl (C=O) groups is 3. The van der Waals surface area contributed by atoms with Crippen molar-refractivity contribution >= 4 is 23.5 Å². The third-order valence-corrected chi connectivity index (χ3v) is 5.98. The van der Waals surface area contributed by atoms with Crippen LogP contribution in [-0.4, -0.2) is 30.4 Å². The van der Waals surface area contributed by atoms with Crippen molar-refractivity contribution in [3.8, 4) is 0 Å². The highest BCUT2D eigenvalue weighted by Crippen LogP contribution is 2.45. The van der Waals surface area contributed by atoms with Crippen molar-refractivity contribution in [1.29, 1.82) is 0 Å². The molecule has 2 fully saturated rings. The largest absolute Gasteiger partial charge is 0.464 e. The molecule has 4 atom stereocenters. The van der Waals surface area contributed by atoms with Gasteiger partial charge in [-0.15, -0.1) is 0 Å². The molecule has 4 rings (SSSR count). The van der Waals surface area contributed by atoms with Crippen LogP contribution in [-0.2, 0) is 19.1 Å².